The minimum atomic E-state index is 0.622. The van der Waals surface area contributed by atoms with E-state index in [2.05, 4.69) is 32.1 Å². The number of benzene rings is 1. The molecule has 1 aromatic heterocycles. The summed E-state index contributed by atoms with van der Waals surface area (Å²) in [5.74, 6) is 1.39. The van der Waals surface area contributed by atoms with E-state index in [-0.39, 0.29) is 0 Å². The predicted octanol–water partition coefficient (Wildman–Crippen LogP) is 2.93. The summed E-state index contributed by atoms with van der Waals surface area (Å²) in [4.78, 5) is 4.16. The lowest BCUT2D eigenvalue weighted by molar-refractivity contribution is 0.387. The molecule has 0 saturated heterocycles. The number of aryl methyl sites for hydroxylation is 3. The molecular weight excluding hydrogens is 256 g/mol. The molecule has 0 aliphatic carbocycles. The van der Waals surface area contributed by atoms with Gasteiger partial charge in [0.1, 0.15) is 0 Å². The van der Waals surface area contributed by atoms with E-state index in [1.807, 2.05) is 18.2 Å². The predicted molar refractivity (Wildman–Crippen MR) is 60.6 cm³/mol. The molecule has 15 heavy (non-hydrogen) atoms. The molecular formula is C11H11BrN2O. The van der Waals surface area contributed by atoms with E-state index in [9.17, 15) is 0 Å². The lowest BCUT2D eigenvalue weighted by Crippen LogP contribution is -1.94. The van der Waals surface area contributed by atoms with E-state index in [0.717, 1.165) is 23.1 Å². The third kappa shape index (κ3) is 2.65. The Morgan fingerprint density at radius 1 is 1.27 bits per heavy atom. The van der Waals surface area contributed by atoms with Crippen LogP contribution in [0.4, 0.5) is 0 Å². The van der Waals surface area contributed by atoms with Gasteiger partial charge in [-0.25, -0.2) is 0 Å². The Labute approximate surface area is 96.6 Å². The van der Waals surface area contributed by atoms with Crippen molar-refractivity contribution in [1.82, 2.24) is 10.1 Å². The van der Waals surface area contributed by atoms with Crippen LogP contribution in [0.15, 0.2) is 33.3 Å². The monoisotopic (exact) mass is 266 g/mol. The summed E-state index contributed by atoms with van der Waals surface area (Å²) < 4.78 is 6.04. The van der Waals surface area contributed by atoms with E-state index in [1.54, 1.807) is 6.92 Å². The van der Waals surface area contributed by atoms with Gasteiger partial charge in [0.25, 0.3) is 0 Å². The molecule has 0 spiro atoms. The number of halogens is 1. The molecule has 0 N–H and O–H groups in total. The minimum absolute atomic E-state index is 0.622. The van der Waals surface area contributed by atoms with E-state index < -0.39 is 0 Å². The Kier molecular flexibility index (Phi) is 3.16. The van der Waals surface area contributed by atoms with Crippen LogP contribution in [0.3, 0.4) is 0 Å². The summed E-state index contributed by atoms with van der Waals surface area (Å²) >= 11 is 3.51. The zero-order valence-electron chi connectivity index (χ0n) is 8.40. The SMILES string of the molecule is Cc1nc(CCc2ccccc2Br)no1. The average Bonchev–Trinajstić information content (AvgIpc) is 2.63. The van der Waals surface area contributed by atoms with Crippen molar-refractivity contribution >= 4 is 15.9 Å². The van der Waals surface area contributed by atoms with Crippen LogP contribution in [-0.2, 0) is 12.8 Å². The lowest BCUT2D eigenvalue weighted by atomic mass is 10.1. The molecule has 0 atom stereocenters. The van der Waals surface area contributed by atoms with Crippen LogP contribution in [0, 0.1) is 6.92 Å². The first kappa shape index (κ1) is 10.4. The van der Waals surface area contributed by atoms with Crippen molar-refractivity contribution in [2.75, 3.05) is 0 Å². The van der Waals surface area contributed by atoms with Crippen molar-refractivity contribution in [1.29, 1.82) is 0 Å². The molecule has 0 fully saturated rings. The smallest absolute Gasteiger partial charge is 0.223 e. The normalized spacial score (nSPS) is 10.5. The zero-order chi connectivity index (χ0) is 10.7. The van der Waals surface area contributed by atoms with Crippen LogP contribution in [0.5, 0.6) is 0 Å². The van der Waals surface area contributed by atoms with Crippen LogP contribution in [0.2, 0.25) is 0 Å². The fraction of sp³-hybridized carbons (Fsp3) is 0.273. The van der Waals surface area contributed by atoms with Gasteiger partial charge in [0.2, 0.25) is 5.89 Å². The number of hydrogen-bond acceptors (Lipinski definition) is 3. The van der Waals surface area contributed by atoms with E-state index >= 15 is 0 Å². The van der Waals surface area contributed by atoms with Gasteiger partial charge in [-0.05, 0) is 18.1 Å². The third-order valence-corrected chi connectivity index (χ3v) is 2.92. The average molecular weight is 267 g/mol. The number of aromatic nitrogens is 2. The molecule has 0 aliphatic heterocycles. The molecule has 78 valence electrons. The summed E-state index contributed by atoms with van der Waals surface area (Å²) in [6.07, 6.45) is 1.72. The lowest BCUT2D eigenvalue weighted by Gasteiger charge is -2.00. The molecule has 0 bridgehead atoms. The number of hydrogen-bond donors (Lipinski definition) is 0. The van der Waals surface area contributed by atoms with Crippen molar-refractivity contribution in [3.8, 4) is 0 Å². The first-order chi connectivity index (χ1) is 7.25. The third-order valence-electron chi connectivity index (χ3n) is 2.15. The first-order valence-corrected chi connectivity index (χ1v) is 5.57. The topological polar surface area (TPSA) is 38.9 Å². The highest BCUT2D eigenvalue weighted by Gasteiger charge is 2.04. The maximum Gasteiger partial charge on any atom is 0.223 e. The second-order valence-corrected chi connectivity index (χ2v) is 4.18. The van der Waals surface area contributed by atoms with E-state index in [4.69, 9.17) is 4.52 Å². The first-order valence-electron chi connectivity index (χ1n) is 4.78. The number of rotatable bonds is 3. The van der Waals surface area contributed by atoms with Crippen LogP contribution in [0.25, 0.3) is 0 Å². The quantitative estimate of drug-likeness (QED) is 0.858. The highest BCUT2D eigenvalue weighted by molar-refractivity contribution is 9.10. The molecule has 0 amide bonds. The van der Waals surface area contributed by atoms with Gasteiger partial charge in [0, 0.05) is 17.8 Å². The van der Waals surface area contributed by atoms with Gasteiger partial charge < -0.3 is 4.52 Å². The molecule has 1 heterocycles. The second kappa shape index (κ2) is 4.57. The Balaban J connectivity index is 2.02. The standard InChI is InChI=1S/C11H11BrN2O/c1-8-13-11(14-15-8)7-6-9-4-2-3-5-10(9)12/h2-5H,6-7H2,1H3. The van der Waals surface area contributed by atoms with Crippen LogP contribution in [-0.4, -0.2) is 10.1 Å². The Bertz CT molecular complexity index is 453. The van der Waals surface area contributed by atoms with Gasteiger partial charge in [-0.15, -0.1) is 0 Å². The van der Waals surface area contributed by atoms with Gasteiger partial charge in [0.05, 0.1) is 0 Å². The number of nitrogens with zero attached hydrogens (tertiary/aromatic N) is 2. The van der Waals surface area contributed by atoms with Crippen molar-refractivity contribution in [3.63, 3.8) is 0 Å². The van der Waals surface area contributed by atoms with Crippen molar-refractivity contribution in [3.05, 3.63) is 46.0 Å². The summed E-state index contributed by atoms with van der Waals surface area (Å²) in [5, 5.41) is 3.86. The second-order valence-electron chi connectivity index (χ2n) is 3.32. The molecule has 4 heteroatoms. The van der Waals surface area contributed by atoms with Crippen LogP contribution >= 0.6 is 15.9 Å². The maximum absolute atomic E-state index is 4.91. The summed E-state index contributed by atoms with van der Waals surface area (Å²) in [7, 11) is 0. The van der Waals surface area contributed by atoms with Crippen LogP contribution in [0.1, 0.15) is 17.3 Å². The summed E-state index contributed by atoms with van der Waals surface area (Å²) in [6.45, 7) is 1.80. The Morgan fingerprint density at radius 2 is 2.07 bits per heavy atom. The van der Waals surface area contributed by atoms with Gasteiger partial charge in [-0.2, -0.15) is 4.98 Å². The molecule has 0 saturated carbocycles. The largest absolute Gasteiger partial charge is 0.340 e. The molecule has 3 nitrogen and oxygen atoms in total. The zero-order valence-corrected chi connectivity index (χ0v) is 9.99. The van der Waals surface area contributed by atoms with Gasteiger partial charge in [-0.1, -0.05) is 39.3 Å². The van der Waals surface area contributed by atoms with E-state index in [0.29, 0.717) is 5.89 Å². The van der Waals surface area contributed by atoms with Crippen molar-refractivity contribution < 1.29 is 4.52 Å². The molecule has 0 unspecified atom stereocenters. The van der Waals surface area contributed by atoms with E-state index in [1.165, 1.54) is 5.56 Å². The van der Waals surface area contributed by atoms with Crippen molar-refractivity contribution in [2.45, 2.75) is 19.8 Å². The Hall–Kier alpha value is -1.16. The van der Waals surface area contributed by atoms with Gasteiger partial charge in [0.15, 0.2) is 5.82 Å². The van der Waals surface area contributed by atoms with Crippen LogP contribution < -0.4 is 0 Å². The molecule has 2 rings (SSSR count). The fourth-order valence-electron chi connectivity index (χ4n) is 1.39. The molecule has 0 radical (unpaired) electrons. The van der Waals surface area contributed by atoms with Crippen molar-refractivity contribution in [2.24, 2.45) is 0 Å². The van der Waals surface area contributed by atoms with Gasteiger partial charge >= 0.3 is 0 Å². The molecule has 2 aromatic rings. The fourth-order valence-corrected chi connectivity index (χ4v) is 1.87. The van der Waals surface area contributed by atoms with Gasteiger partial charge in [-0.3, -0.25) is 0 Å². The molecule has 0 aliphatic rings. The highest BCUT2D eigenvalue weighted by atomic mass is 79.9. The summed E-state index contributed by atoms with van der Waals surface area (Å²) in [5.41, 5.74) is 1.26. The maximum atomic E-state index is 4.91. The highest BCUT2D eigenvalue weighted by Crippen LogP contribution is 2.17. The molecule has 1 aromatic carbocycles. The summed E-state index contributed by atoms with van der Waals surface area (Å²) in [6, 6.07) is 8.17. The minimum Gasteiger partial charge on any atom is -0.340 e. The Morgan fingerprint density at radius 3 is 2.73 bits per heavy atom.